The third kappa shape index (κ3) is 5.29. The molecule has 0 fully saturated rings. The summed E-state index contributed by atoms with van der Waals surface area (Å²) in [5.41, 5.74) is 1.68. The number of para-hydroxylation sites is 1. The fourth-order valence-electron chi connectivity index (χ4n) is 3.31. The van der Waals surface area contributed by atoms with E-state index in [4.69, 9.17) is 14.7 Å². The first-order chi connectivity index (χ1) is 14.6. The highest BCUT2D eigenvalue weighted by Crippen LogP contribution is 2.32. The number of ether oxygens (including phenoxy) is 2. The van der Waals surface area contributed by atoms with E-state index in [-0.39, 0.29) is 37.9 Å². The number of benzene rings is 2. The predicted molar refractivity (Wildman–Crippen MR) is 112 cm³/mol. The highest BCUT2D eigenvalue weighted by atomic mass is 16.7. The second-order valence-corrected chi connectivity index (χ2v) is 6.88. The first-order valence-corrected chi connectivity index (χ1v) is 10.0. The van der Waals surface area contributed by atoms with E-state index in [0.717, 1.165) is 11.3 Å². The van der Waals surface area contributed by atoms with Gasteiger partial charge in [0.05, 0.1) is 12.5 Å². The van der Waals surface area contributed by atoms with Crippen LogP contribution < -0.4 is 14.4 Å². The molecule has 0 aromatic heterocycles. The normalized spacial score (nSPS) is 11.6. The van der Waals surface area contributed by atoms with Crippen molar-refractivity contribution in [1.82, 2.24) is 4.90 Å². The van der Waals surface area contributed by atoms with Gasteiger partial charge in [-0.25, -0.2) is 0 Å². The molecule has 1 aliphatic heterocycles. The largest absolute Gasteiger partial charge is 0.454 e. The highest BCUT2D eigenvalue weighted by molar-refractivity contribution is 5.95. The molecule has 0 aliphatic carbocycles. The Labute approximate surface area is 176 Å². The number of nitrogens with zero attached hydrogens (tertiary/aromatic N) is 3. The standard InChI is InChI=1S/C23H25N3O4/c1-2-25(16-18-9-10-20-21(15-18)30-17-29-20)22(27)11-12-23(28)26(14-6-13-24)19-7-4-3-5-8-19/h3-5,7-10,15H,2,6,11-12,14,16-17H2,1H3. The van der Waals surface area contributed by atoms with Gasteiger partial charge in [-0.15, -0.1) is 0 Å². The second-order valence-electron chi connectivity index (χ2n) is 6.88. The predicted octanol–water partition coefficient (Wildman–Crippen LogP) is 3.49. The average molecular weight is 407 g/mol. The molecule has 3 rings (SSSR count). The number of nitriles is 1. The SMILES string of the molecule is CCN(Cc1ccc2c(c1)OCO2)C(=O)CCC(=O)N(CCC#N)c1ccccc1. The molecule has 156 valence electrons. The fraction of sp³-hybridized carbons (Fsp3) is 0.348. The summed E-state index contributed by atoms with van der Waals surface area (Å²) in [5.74, 6) is 1.14. The van der Waals surface area contributed by atoms with Crippen molar-refractivity contribution in [2.45, 2.75) is 32.7 Å². The molecular weight excluding hydrogens is 382 g/mol. The van der Waals surface area contributed by atoms with Crippen molar-refractivity contribution in [3.8, 4) is 17.6 Å². The molecule has 2 amide bonds. The van der Waals surface area contributed by atoms with E-state index in [1.807, 2.05) is 55.5 Å². The molecule has 1 heterocycles. The van der Waals surface area contributed by atoms with Crippen LogP contribution in [-0.2, 0) is 16.1 Å². The Balaban J connectivity index is 1.59. The van der Waals surface area contributed by atoms with Gasteiger partial charge in [-0.2, -0.15) is 5.26 Å². The van der Waals surface area contributed by atoms with Crippen LogP contribution in [-0.4, -0.2) is 36.6 Å². The van der Waals surface area contributed by atoms with Crippen LogP contribution >= 0.6 is 0 Å². The Morgan fingerprint density at radius 2 is 1.77 bits per heavy atom. The van der Waals surface area contributed by atoms with Gasteiger partial charge in [0.1, 0.15) is 0 Å². The van der Waals surface area contributed by atoms with Gasteiger partial charge in [0.25, 0.3) is 0 Å². The lowest BCUT2D eigenvalue weighted by Crippen LogP contribution is -2.34. The maximum absolute atomic E-state index is 12.8. The summed E-state index contributed by atoms with van der Waals surface area (Å²) >= 11 is 0. The molecule has 7 nitrogen and oxygen atoms in total. The monoisotopic (exact) mass is 407 g/mol. The quantitative estimate of drug-likeness (QED) is 0.635. The van der Waals surface area contributed by atoms with E-state index in [1.165, 1.54) is 0 Å². The van der Waals surface area contributed by atoms with Crippen molar-refractivity contribution in [2.75, 3.05) is 24.8 Å². The van der Waals surface area contributed by atoms with Gasteiger partial charge in [0.2, 0.25) is 18.6 Å². The first kappa shape index (κ1) is 21.2. The summed E-state index contributed by atoms with van der Waals surface area (Å²) in [6.45, 7) is 3.41. The molecule has 0 atom stereocenters. The van der Waals surface area contributed by atoms with Gasteiger partial charge >= 0.3 is 0 Å². The van der Waals surface area contributed by atoms with Crippen molar-refractivity contribution >= 4 is 17.5 Å². The Hall–Kier alpha value is -3.53. The summed E-state index contributed by atoms with van der Waals surface area (Å²) in [4.78, 5) is 28.8. The Bertz CT molecular complexity index is 924. The van der Waals surface area contributed by atoms with Crippen LogP contribution in [0.1, 0.15) is 31.7 Å². The Morgan fingerprint density at radius 3 is 2.50 bits per heavy atom. The van der Waals surface area contributed by atoms with Crippen LogP contribution in [0.3, 0.4) is 0 Å². The number of fused-ring (bicyclic) bond motifs is 1. The number of hydrogen-bond acceptors (Lipinski definition) is 5. The van der Waals surface area contributed by atoms with Gasteiger partial charge in [-0.05, 0) is 36.8 Å². The van der Waals surface area contributed by atoms with Gasteiger partial charge in [-0.3, -0.25) is 9.59 Å². The van der Waals surface area contributed by atoms with Crippen LogP contribution in [0.15, 0.2) is 48.5 Å². The van der Waals surface area contributed by atoms with Gasteiger partial charge < -0.3 is 19.3 Å². The van der Waals surface area contributed by atoms with Gasteiger partial charge in [0, 0.05) is 38.2 Å². The number of carbonyl (C=O) groups is 2. The molecule has 2 aromatic carbocycles. The summed E-state index contributed by atoms with van der Waals surface area (Å²) in [6, 6.07) is 16.9. The zero-order chi connectivity index (χ0) is 21.3. The Kier molecular flexibility index (Phi) is 7.28. The summed E-state index contributed by atoms with van der Waals surface area (Å²) < 4.78 is 10.7. The van der Waals surface area contributed by atoms with E-state index in [0.29, 0.717) is 31.1 Å². The van der Waals surface area contributed by atoms with Crippen LogP contribution in [0.4, 0.5) is 5.69 Å². The van der Waals surface area contributed by atoms with E-state index in [2.05, 4.69) is 6.07 Å². The molecule has 0 bridgehead atoms. The lowest BCUT2D eigenvalue weighted by Gasteiger charge is -2.24. The molecule has 0 spiro atoms. The fourth-order valence-corrected chi connectivity index (χ4v) is 3.31. The molecule has 0 saturated heterocycles. The van der Waals surface area contributed by atoms with Crippen molar-refractivity contribution in [3.05, 3.63) is 54.1 Å². The zero-order valence-electron chi connectivity index (χ0n) is 17.0. The van der Waals surface area contributed by atoms with Gasteiger partial charge in [0.15, 0.2) is 11.5 Å². The molecule has 7 heteroatoms. The van der Waals surface area contributed by atoms with Gasteiger partial charge in [-0.1, -0.05) is 24.3 Å². The van der Waals surface area contributed by atoms with E-state index in [9.17, 15) is 9.59 Å². The maximum Gasteiger partial charge on any atom is 0.231 e. The summed E-state index contributed by atoms with van der Waals surface area (Å²) in [6.07, 6.45) is 0.448. The molecule has 2 aromatic rings. The van der Waals surface area contributed by atoms with Crippen LogP contribution in [0.25, 0.3) is 0 Å². The Morgan fingerprint density at radius 1 is 1.03 bits per heavy atom. The third-order valence-electron chi connectivity index (χ3n) is 4.91. The minimum absolute atomic E-state index is 0.0863. The smallest absolute Gasteiger partial charge is 0.231 e. The van der Waals surface area contributed by atoms with Crippen LogP contribution in [0.5, 0.6) is 11.5 Å². The minimum atomic E-state index is -0.163. The van der Waals surface area contributed by atoms with Crippen molar-refractivity contribution in [1.29, 1.82) is 5.26 Å². The maximum atomic E-state index is 12.8. The van der Waals surface area contributed by atoms with Crippen molar-refractivity contribution in [2.24, 2.45) is 0 Å². The van der Waals surface area contributed by atoms with E-state index >= 15 is 0 Å². The molecular formula is C23H25N3O4. The molecule has 0 saturated carbocycles. The molecule has 1 aliphatic rings. The lowest BCUT2D eigenvalue weighted by atomic mass is 10.1. The first-order valence-electron chi connectivity index (χ1n) is 10.0. The number of hydrogen-bond donors (Lipinski definition) is 0. The number of rotatable bonds is 9. The van der Waals surface area contributed by atoms with E-state index < -0.39 is 0 Å². The average Bonchev–Trinajstić information content (AvgIpc) is 3.24. The third-order valence-corrected chi connectivity index (χ3v) is 4.91. The number of carbonyl (C=O) groups excluding carboxylic acids is 2. The summed E-state index contributed by atoms with van der Waals surface area (Å²) in [5, 5.41) is 8.90. The molecule has 0 radical (unpaired) electrons. The van der Waals surface area contributed by atoms with E-state index in [1.54, 1.807) is 9.80 Å². The number of amides is 2. The second kappa shape index (κ2) is 10.3. The van der Waals surface area contributed by atoms with Crippen molar-refractivity contribution < 1.29 is 19.1 Å². The lowest BCUT2D eigenvalue weighted by molar-refractivity contribution is -0.133. The highest BCUT2D eigenvalue weighted by Gasteiger charge is 2.20. The zero-order valence-corrected chi connectivity index (χ0v) is 17.0. The summed E-state index contributed by atoms with van der Waals surface area (Å²) in [7, 11) is 0. The molecule has 0 unspecified atom stereocenters. The van der Waals surface area contributed by atoms with Crippen LogP contribution in [0.2, 0.25) is 0 Å². The topological polar surface area (TPSA) is 82.9 Å². The molecule has 30 heavy (non-hydrogen) atoms. The minimum Gasteiger partial charge on any atom is -0.454 e. The molecule has 0 N–H and O–H groups in total. The van der Waals surface area contributed by atoms with Crippen LogP contribution in [0, 0.1) is 11.3 Å². The van der Waals surface area contributed by atoms with Crippen molar-refractivity contribution in [3.63, 3.8) is 0 Å². The number of anilines is 1.